The highest BCUT2D eigenvalue weighted by atomic mass is 32.2. The van der Waals surface area contributed by atoms with E-state index in [1.165, 1.54) is 16.7 Å². The van der Waals surface area contributed by atoms with E-state index in [1.54, 1.807) is 36.4 Å². The predicted molar refractivity (Wildman–Crippen MR) is 102 cm³/mol. The van der Waals surface area contributed by atoms with Gasteiger partial charge < -0.3 is 0 Å². The van der Waals surface area contributed by atoms with Crippen molar-refractivity contribution in [2.45, 2.75) is 25.9 Å². The molecule has 6 heteroatoms. The zero-order valence-electron chi connectivity index (χ0n) is 14.8. The zero-order chi connectivity index (χ0) is 18.9. The molecule has 1 heterocycles. The Bertz CT molecular complexity index is 1040. The van der Waals surface area contributed by atoms with Gasteiger partial charge in [0, 0.05) is 5.41 Å². The minimum Gasteiger partial charge on any atom is -0.298 e. The molecule has 3 rings (SSSR count). The largest absolute Gasteiger partial charge is 0.298 e. The van der Waals surface area contributed by atoms with E-state index in [4.69, 9.17) is 0 Å². The average Bonchev–Trinajstić information content (AvgIpc) is 2.60. The van der Waals surface area contributed by atoms with Crippen LogP contribution >= 0.6 is 11.8 Å². The van der Waals surface area contributed by atoms with Crippen molar-refractivity contribution >= 4 is 28.4 Å². The third-order valence-corrected chi connectivity index (χ3v) is 4.95. The first-order valence-corrected chi connectivity index (χ1v) is 9.20. The highest BCUT2D eigenvalue weighted by Gasteiger charge is 2.23. The van der Waals surface area contributed by atoms with E-state index in [-0.39, 0.29) is 22.8 Å². The van der Waals surface area contributed by atoms with Crippen molar-refractivity contribution in [3.8, 4) is 5.69 Å². The van der Waals surface area contributed by atoms with E-state index >= 15 is 0 Å². The number of hydrogen-bond donors (Lipinski definition) is 0. The fourth-order valence-corrected chi connectivity index (χ4v) is 3.57. The van der Waals surface area contributed by atoms with Gasteiger partial charge in [0.25, 0.3) is 5.56 Å². The molecular formula is C20H19FN2O2S. The molecule has 134 valence electrons. The second kappa shape index (κ2) is 7.03. The lowest BCUT2D eigenvalue weighted by atomic mass is 9.92. The van der Waals surface area contributed by atoms with Gasteiger partial charge in [0.05, 0.1) is 22.3 Å². The summed E-state index contributed by atoms with van der Waals surface area (Å²) < 4.78 is 15.6. The van der Waals surface area contributed by atoms with E-state index in [1.807, 2.05) is 20.8 Å². The second-order valence-electron chi connectivity index (χ2n) is 6.97. The normalized spacial score (nSPS) is 11.7. The summed E-state index contributed by atoms with van der Waals surface area (Å²) in [6, 6.07) is 13.0. The number of benzene rings is 2. The minimum absolute atomic E-state index is 0.0324. The topological polar surface area (TPSA) is 52.0 Å². The van der Waals surface area contributed by atoms with Crippen LogP contribution in [-0.4, -0.2) is 21.1 Å². The van der Waals surface area contributed by atoms with Crippen LogP contribution in [0.25, 0.3) is 16.6 Å². The van der Waals surface area contributed by atoms with Gasteiger partial charge in [-0.1, -0.05) is 56.8 Å². The molecule has 0 N–H and O–H groups in total. The molecule has 0 fully saturated rings. The first-order valence-electron chi connectivity index (χ1n) is 8.22. The number of Topliss-reactive ketones (excluding diaryl/α,β-unsaturated/α-hetero) is 1. The molecule has 1 aromatic heterocycles. The molecule has 0 radical (unpaired) electrons. The van der Waals surface area contributed by atoms with E-state index in [0.717, 1.165) is 11.8 Å². The Hall–Kier alpha value is -2.47. The summed E-state index contributed by atoms with van der Waals surface area (Å²) in [5.74, 6) is -0.330. The summed E-state index contributed by atoms with van der Waals surface area (Å²) in [4.78, 5) is 29.8. The van der Waals surface area contributed by atoms with Gasteiger partial charge in [0.1, 0.15) is 11.6 Å². The van der Waals surface area contributed by atoms with Gasteiger partial charge in [-0.25, -0.2) is 9.37 Å². The van der Waals surface area contributed by atoms with Crippen molar-refractivity contribution in [2.75, 3.05) is 5.75 Å². The molecule has 26 heavy (non-hydrogen) atoms. The number of ketones is 1. The van der Waals surface area contributed by atoms with Gasteiger partial charge in [0.15, 0.2) is 5.16 Å². The quantitative estimate of drug-likeness (QED) is 0.509. The molecule has 0 aliphatic rings. The van der Waals surface area contributed by atoms with Crippen LogP contribution in [0, 0.1) is 11.2 Å². The van der Waals surface area contributed by atoms with Gasteiger partial charge in [-0.3, -0.25) is 14.2 Å². The van der Waals surface area contributed by atoms with Crippen LogP contribution in [-0.2, 0) is 4.79 Å². The smallest absolute Gasteiger partial charge is 0.266 e. The van der Waals surface area contributed by atoms with Crippen molar-refractivity contribution in [1.29, 1.82) is 0 Å². The SMILES string of the molecule is CC(C)(C)C(=O)CSc1nc2ccccc2c(=O)n1-c1ccccc1F. The molecule has 0 aliphatic carbocycles. The fraction of sp³-hybridized carbons (Fsp3) is 0.250. The monoisotopic (exact) mass is 370 g/mol. The molecule has 0 saturated carbocycles. The summed E-state index contributed by atoms with van der Waals surface area (Å²) in [6.07, 6.45) is 0. The maximum atomic E-state index is 14.4. The Morgan fingerprint density at radius 2 is 1.77 bits per heavy atom. The average molecular weight is 370 g/mol. The number of thioether (sulfide) groups is 1. The lowest BCUT2D eigenvalue weighted by Gasteiger charge is -2.17. The molecule has 0 amide bonds. The Morgan fingerprint density at radius 3 is 2.46 bits per heavy atom. The van der Waals surface area contributed by atoms with E-state index in [2.05, 4.69) is 4.98 Å². The van der Waals surface area contributed by atoms with Crippen LogP contribution in [0.5, 0.6) is 0 Å². The third-order valence-electron chi connectivity index (χ3n) is 4.01. The van der Waals surface area contributed by atoms with Crippen LogP contribution in [0.4, 0.5) is 4.39 Å². The van der Waals surface area contributed by atoms with Gasteiger partial charge in [0.2, 0.25) is 0 Å². The number of nitrogens with zero attached hydrogens (tertiary/aromatic N) is 2. The van der Waals surface area contributed by atoms with Crippen LogP contribution in [0.2, 0.25) is 0 Å². The van der Waals surface area contributed by atoms with Gasteiger partial charge >= 0.3 is 0 Å². The van der Waals surface area contributed by atoms with Crippen LogP contribution < -0.4 is 5.56 Å². The molecule has 2 aromatic carbocycles. The van der Waals surface area contributed by atoms with E-state index < -0.39 is 11.2 Å². The molecule has 0 saturated heterocycles. The molecule has 0 unspecified atom stereocenters. The van der Waals surface area contributed by atoms with Crippen LogP contribution in [0.15, 0.2) is 58.5 Å². The van der Waals surface area contributed by atoms with Gasteiger partial charge in [-0.05, 0) is 24.3 Å². The van der Waals surface area contributed by atoms with Gasteiger partial charge in [-0.2, -0.15) is 0 Å². The molecule has 4 nitrogen and oxygen atoms in total. The summed E-state index contributed by atoms with van der Waals surface area (Å²) in [5.41, 5.74) is -0.198. The lowest BCUT2D eigenvalue weighted by molar-refractivity contribution is -0.123. The maximum absolute atomic E-state index is 14.4. The zero-order valence-corrected chi connectivity index (χ0v) is 15.6. The number of fused-ring (bicyclic) bond motifs is 1. The van der Waals surface area contributed by atoms with Crippen LogP contribution in [0.1, 0.15) is 20.8 Å². The van der Waals surface area contributed by atoms with Crippen molar-refractivity contribution in [2.24, 2.45) is 5.41 Å². The Labute approximate surface area is 155 Å². The van der Waals surface area contributed by atoms with Crippen molar-refractivity contribution in [3.05, 3.63) is 64.7 Å². The lowest BCUT2D eigenvalue weighted by Crippen LogP contribution is -2.25. The highest BCUT2D eigenvalue weighted by Crippen LogP contribution is 2.25. The number of para-hydroxylation sites is 2. The second-order valence-corrected chi connectivity index (χ2v) is 7.91. The number of hydrogen-bond acceptors (Lipinski definition) is 4. The molecule has 0 atom stereocenters. The highest BCUT2D eigenvalue weighted by molar-refractivity contribution is 7.99. The first-order chi connectivity index (χ1) is 12.3. The minimum atomic E-state index is -0.518. The molecule has 0 spiro atoms. The van der Waals surface area contributed by atoms with Crippen molar-refractivity contribution in [1.82, 2.24) is 9.55 Å². The summed E-state index contributed by atoms with van der Waals surface area (Å²) in [6.45, 7) is 5.52. The summed E-state index contributed by atoms with van der Waals surface area (Å²) >= 11 is 1.15. The summed E-state index contributed by atoms with van der Waals surface area (Å²) in [7, 11) is 0. The Kier molecular flexibility index (Phi) is 4.96. The summed E-state index contributed by atoms with van der Waals surface area (Å²) in [5, 5.41) is 0.707. The number of aromatic nitrogens is 2. The first kappa shape index (κ1) is 18.3. The molecular weight excluding hydrogens is 351 g/mol. The van der Waals surface area contributed by atoms with E-state index in [9.17, 15) is 14.0 Å². The third kappa shape index (κ3) is 3.55. The predicted octanol–water partition coefficient (Wildman–Crippen LogP) is 4.23. The molecule has 3 aromatic rings. The standard InChI is InChI=1S/C20H19FN2O2S/c1-20(2,3)17(24)12-26-19-22-15-10-6-4-8-13(15)18(25)23(19)16-11-7-5-9-14(16)21/h4-11H,12H2,1-3H3. The van der Waals surface area contributed by atoms with Crippen LogP contribution in [0.3, 0.4) is 0 Å². The van der Waals surface area contributed by atoms with Crippen molar-refractivity contribution < 1.29 is 9.18 Å². The van der Waals surface area contributed by atoms with Gasteiger partial charge in [-0.15, -0.1) is 0 Å². The Morgan fingerprint density at radius 1 is 1.12 bits per heavy atom. The number of carbonyl (C=O) groups excluding carboxylic acids is 1. The Balaban J connectivity index is 2.17. The van der Waals surface area contributed by atoms with E-state index in [0.29, 0.717) is 16.1 Å². The number of rotatable bonds is 4. The maximum Gasteiger partial charge on any atom is 0.266 e. The fourth-order valence-electron chi connectivity index (χ4n) is 2.40. The molecule has 0 bridgehead atoms. The number of halogens is 1. The van der Waals surface area contributed by atoms with Crippen molar-refractivity contribution in [3.63, 3.8) is 0 Å². The number of carbonyl (C=O) groups is 1. The molecule has 0 aliphatic heterocycles.